The van der Waals surface area contributed by atoms with E-state index in [4.69, 9.17) is 0 Å². The first-order valence-corrected chi connectivity index (χ1v) is 7.03. The molecule has 1 aliphatic rings. The van der Waals surface area contributed by atoms with Crippen molar-refractivity contribution >= 4 is 16.6 Å². The lowest BCUT2D eigenvalue weighted by molar-refractivity contribution is 0.261. The molecular weight excluding hydrogens is 234 g/mol. The minimum absolute atomic E-state index is 0.546. The number of pyridine rings is 1. The molecule has 2 aromatic rings. The molecule has 1 aromatic heterocycles. The molecule has 1 N–H and O–H groups in total. The second-order valence-corrected chi connectivity index (χ2v) is 5.58. The van der Waals surface area contributed by atoms with Gasteiger partial charge in [0.1, 0.15) is 0 Å². The molecule has 0 amide bonds. The number of nitrogens with one attached hydrogen (secondary N) is 1. The Kier molecular flexibility index (Phi) is 3.38. The number of benzene rings is 1. The third-order valence-corrected chi connectivity index (χ3v) is 3.96. The first-order valence-electron chi connectivity index (χ1n) is 7.03. The predicted molar refractivity (Wildman–Crippen MR) is 80.6 cm³/mol. The number of fused-ring (bicyclic) bond motifs is 1. The van der Waals surface area contributed by atoms with E-state index in [1.165, 1.54) is 36.0 Å². The molecule has 1 unspecified atom stereocenters. The highest BCUT2D eigenvalue weighted by molar-refractivity contribution is 5.93. The first-order chi connectivity index (χ1) is 9.24. The van der Waals surface area contributed by atoms with Crippen molar-refractivity contribution in [2.45, 2.75) is 25.8 Å². The van der Waals surface area contributed by atoms with Crippen LogP contribution in [0.3, 0.4) is 0 Å². The van der Waals surface area contributed by atoms with Crippen molar-refractivity contribution in [3.63, 3.8) is 0 Å². The summed E-state index contributed by atoms with van der Waals surface area (Å²) in [6, 6.07) is 9.06. The molecule has 3 rings (SSSR count). The van der Waals surface area contributed by atoms with E-state index in [9.17, 15) is 0 Å². The number of nitrogens with zero attached hydrogens (tertiary/aromatic N) is 2. The predicted octanol–water partition coefficient (Wildman–Crippen LogP) is 3.05. The molecule has 1 atom stereocenters. The summed E-state index contributed by atoms with van der Waals surface area (Å²) < 4.78 is 0. The van der Waals surface area contributed by atoms with Crippen molar-refractivity contribution in [2.75, 3.05) is 25.5 Å². The molecule has 100 valence electrons. The van der Waals surface area contributed by atoms with E-state index >= 15 is 0 Å². The van der Waals surface area contributed by atoms with E-state index in [0.717, 1.165) is 12.1 Å². The molecule has 3 heteroatoms. The number of hydrogen-bond donors (Lipinski definition) is 1. The van der Waals surface area contributed by atoms with Gasteiger partial charge in [-0.1, -0.05) is 6.07 Å². The number of likely N-dealkylation sites (tertiary alicyclic amines) is 1. The highest BCUT2D eigenvalue weighted by atomic mass is 15.1. The molecule has 1 saturated heterocycles. The quantitative estimate of drug-likeness (QED) is 0.894. The normalized spacial score (nSPS) is 20.6. The van der Waals surface area contributed by atoms with Gasteiger partial charge in [0.05, 0.1) is 5.52 Å². The molecule has 1 fully saturated rings. The van der Waals surface area contributed by atoms with E-state index in [2.05, 4.69) is 47.4 Å². The summed E-state index contributed by atoms with van der Waals surface area (Å²) >= 11 is 0. The van der Waals surface area contributed by atoms with E-state index < -0.39 is 0 Å². The number of aromatic nitrogens is 1. The lowest BCUT2D eigenvalue weighted by atomic mass is 10.0. The maximum atomic E-state index is 4.50. The monoisotopic (exact) mass is 255 g/mol. The fraction of sp³-hybridized carbons (Fsp3) is 0.438. The molecule has 19 heavy (non-hydrogen) atoms. The van der Waals surface area contributed by atoms with Gasteiger partial charge >= 0.3 is 0 Å². The van der Waals surface area contributed by atoms with Crippen LogP contribution in [-0.2, 0) is 0 Å². The van der Waals surface area contributed by atoms with E-state index in [0.29, 0.717) is 6.04 Å². The van der Waals surface area contributed by atoms with Crippen LogP contribution in [0.25, 0.3) is 10.9 Å². The minimum Gasteiger partial charge on any atom is -0.380 e. The topological polar surface area (TPSA) is 28.2 Å². The smallest absolute Gasteiger partial charge is 0.0751 e. The van der Waals surface area contributed by atoms with Gasteiger partial charge < -0.3 is 10.2 Å². The van der Waals surface area contributed by atoms with Crippen LogP contribution in [0.1, 0.15) is 18.4 Å². The van der Waals surface area contributed by atoms with Gasteiger partial charge in [-0.2, -0.15) is 0 Å². The van der Waals surface area contributed by atoms with Crippen molar-refractivity contribution in [3.05, 3.63) is 36.0 Å². The molecule has 1 aliphatic heterocycles. The Bertz CT molecular complexity index is 579. The number of likely N-dealkylation sites (N-methyl/N-ethyl adjacent to an activating group) is 1. The molecule has 0 bridgehead atoms. The molecule has 1 aromatic carbocycles. The Hall–Kier alpha value is -1.61. The second-order valence-electron chi connectivity index (χ2n) is 5.58. The Labute approximate surface area is 114 Å². The van der Waals surface area contributed by atoms with Crippen LogP contribution in [0, 0.1) is 6.92 Å². The molecular formula is C16H21N3. The van der Waals surface area contributed by atoms with Crippen LogP contribution in [0.15, 0.2) is 30.5 Å². The van der Waals surface area contributed by atoms with Gasteiger partial charge in [-0.25, -0.2) is 0 Å². The molecule has 0 spiro atoms. The molecule has 2 heterocycles. The summed E-state index contributed by atoms with van der Waals surface area (Å²) in [4.78, 5) is 6.90. The summed E-state index contributed by atoms with van der Waals surface area (Å²) in [5.41, 5.74) is 3.56. The van der Waals surface area contributed by atoms with Crippen LogP contribution in [0.4, 0.5) is 5.69 Å². The zero-order valence-electron chi connectivity index (χ0n) is 11.7. The highest BCUT2D eigenvalue weighted by Crippen LogP contribution is 2.26. The molecule has 0 saturated carbocycles. The summed E-state index contributed by atoms with van der Waals surface area (Å²) in [5, 5.41) is 4.93. The van der Waals surface area contributed by atoms with Crippen molar-refractivity contribution in [3.8, 4) is 0 Å². The average Bonchev–Trinajstić information content (AvgIpc) is 2.42. The summed E-state index contributed by atoms with van der Waals surface area (Å²) in [6.45, 7) is 4.46. The fourth-order valence-electron chi connectivity index (χ4n) is 2.94. The SMILES string of the molecule is Cc1ccc(NC2CCCN(C)C2)c2cccnc12. The Morgan fingerprint density at radius 1 is 1.32 bits per heavy atom. The largest absolute Gasteiger partial charge is 0.380 e. The molecule has 0 radical (unpaired) electrons. The van der Waals surface area contributed by atoms with Crippen LogP contribution in [-0.4, -0.2) is 36.1 Å². The maximum Gasteiger partial charge on any atom is 0.0751 e. The number of anilines is 1. The van der Waals surface area contributed by atoms with Gasteiger partial charge in [-0.05, 0) is 57.1 Å². The van der Waals surface area contributed by atoms with Gasteiger partial charge in [0.15, 0.2) is 0 Å². The van der Waals surface area contributed by atoms with Crippen LogP contribution < -0.4 is 5.32 Å². The van der Waals surface area contributed by atoms with Gasteiger partial charge in [0, 0.05) is 29.9 Å². The van der Waals surface area contributed by atoms with E-state index in [-0.39, 0.29) is 0 Å². The lowest BCUT2D eigenvalue weighted by Crippen LogP contribution is -2.39. The van der Waals surface area contributed by atoms with Crippen LogP contribution in [0.2, 0.25) is 0 Å². The second kappa shape index (κ2) is 5.17. The Morgan fingerprint density at radius 2 is 2.21 bits per heavy atom. The third-order valence-electron chi connectivity index (χ3n) is 3.96. The number of aryl methyl sites for hydroxylation is 1. The van der Waals surface area contributed by atoms with Crippen LogP contribution >= 0.6 is 0 Å². The number of piperidine rings is 1. The van der Waals surface area contributed by atoms with Gasteiger partial charge in [-0.15, -0.1) is 0 Å². The van der Waals surface area contributed by atoms with Crippen molar-refractivity contribution in [1.82, 2.24) is 9.88 Å². The first kappa shape index (κ1) is 12.4. The third kappa shape index (κ3) is 2.56. The van der Waals surface area contributed by atoms with Gasteiger partial charge in [-0.3, -0.25) is 4.98 Å². The average molecular weight is 255 g/mol. The Morgan fingerprint density at radius 3 is 3.05 bits per heavy atom. The van der Waals surface area contributed by atoms with Gasteiger partial charge in [0.25, 0.3) is 0 Å². The molecule has 0 aliphatic carbocycles. The highest BCUT2D eigenvalue weighted by Gasteiger charge is 2.17. The zero-order valence-corrected chi connectivity index (χ0v) is 11.7. The van der Waals surface area contributed by atoms with Crippen LogP contribution in [0.5, 0.6) is 0 Å². The van der Waals surface area contributed by atoms with Crippen molar-refractivity contribution < 1.29 is 0 Å². The fourth-order valence-corrected chi connectivity index (χ4v) is 2.94. The van der Waals surface area contributed by atoms with E-state index in [1.54, 1.807) is 0 Å². The Balaban J connectivity index is 1.90. The van der Waals surface area contributed by atoms with Gasteiger partial charge in [0.2, 0.25) is 0 Å². The van der Waals surface area contributed by atoms with E-state index in [1.807, 2.05) is 12.3 Å². The standard InChI is InChI=1S/C16H21N3/c1-12-7-8-15(14-6-3-9-17-16(12)14)18-13-5-4-10-19(2)11-13/h3,6-9,13,18H,4-5,10-11H2,1-2H3. The summed E-state index contributed by atoms with van der Waals surface area (Å²) in [6.07, 6.45) is 4.39. The maximum absolute atomic E-state index is 4.50. The lowest BCUT2D eigenvalue weighted by Gasteiger charge is -2.31. The minimum atomic E-state index is 0.546. The summed E-state index contributed by atoms with van der Waals surface area (Å²) in [5.74, 6) is 0. The zero-order chi connectivity index (χ0) is 13.2. The molecule has 3 nitrogen and oxygen atoms in total. The number of hydrogen-bond acceptors (Lipinski definition) is 3. The van der Waals surface area contributed by atoms with Crippen molar-refractivity contribution in [2.24, 2.45) is 0 Å². The van der Waals surface area contributed by atoms with Crippen molar-refractivity contribution in [1.29, 1.82) is 0 Å². The summed E-state index contributed by atoms with van der Waals surface area (Å²) in [7, 11) is 2.20. The number of rotatable bonds is 2.